The zero-order chi connectivity index (χ0) is 12.6. The molecule has 2 aromatic rings. The monoisotopic (exact) mass is 266 g/mol. The van der Waals surface area contributed by atoms with E-state index in [0.717, 1.165) is 11.2 Å². The highest BCUT2D eigenvalue weighted by Gasteiger charge is 2.16. The number of aryl methyl sites for hydroxylation is 3. The lowest BCUT2D eigenvalue weighted by Gasteiger charge is -2.16. The highest BCUT2D eigenvalue weighted by atomic mass is 32.1. The Morgan fingerprint density at radius 1 is 1.47 bits per heavy atom. The van der Waals surface area contributed by atoms with E-state index >= 15 is 0 Å². The summed E-state index contributed by atoms with van der Waals surface area (Å²) in [6.07, 6.45) is 3.02. The van der Waals surface area contributed by atoms with Crippen molar-refractivity contribution in [3.8, 4) is 0 Å². The Labute approximate surface area is 111 Å². The first-order valence-corrected chi connectivity index (χ1v) is 7.12. The summed E-state index contributed by atoms with van der Waals surface area (Å²) in [5, 5.41) is 0. The number of aromatic nitrogens is 2. The molecular formula is C13H18N2S2. The predicted octanol–water partition coefficient (Wildman–Crippen LogP) is 4.40. The van der Waals surface area contributed by atoms with Gasteiger partial charge in [-0.25, -0.2) is 0 Å². The van der Waals surface area contributed by atoms with Crippen LogP contribution in [-0.4, -0.2) is 9.55 Å². The van der Waals surface area contributed by atoms with Crippen LogP contribution >= 0.6 is 23.6 Å². The number of nitrogens with zero attached hydrogens (tertiary/aromatic N) is 1. The van der Waals surface area contributed by atoms with Gasteiger partial charge >= 0.3 is 0 Å². The average Bonchev–Trinajstić information content (AvgIpc) is 2.80. The van der Waals surface area contributed by atoms with Crippen molar-refractivity contribution >= 4 is 23.6 Å². The summed E-state index contributed by atoms with van der Waals surface area (Å²) in [5.74, 6) is 0. The summed E-state index contributed by atoms with van der Waals surface area (Å²) in [7, 11) is 0. The lowest BCUT2D eigenvalue weighted by molar-refractivity contribution is 0.603. The molecule has 0 saturated carbocycles. The first-order chi connectivity index (χ1) is 8.04. The van der Waals surface area contributed by atoms with E-state index < -0.39 is 0 Å². The molecule has 0 aliphatic heterocycles. The van der Waals surface area contributed by atoms with E-state index in [0.29, 0.717) is 6.04 Å². The summed E-state index contributed by atoms with van der Waals surface area (Å²) >= 11 is 7.23. The summed E-state index contributed by atoms with van der Waals surface area (Å²) in [6, 6.07) is 2.59. The van der Waals surface area contributed by atoms with Crippen molar-refractivity contribution in [1.82, 2.24) is 9.55 Å². The fourth-order valence-corrected chi connectivity index (χ4v) is 3.67. The van der Waals surface area contributed by atoms with Crippen molar-refractivity contribution in [3.63, 3.8) is 0 Å². The van der Waals surface area contributed by atoms with Crippen LogP contribution in [0.4, 0.5) is 0 Å². The van der Waals surface area contributed by atoms with Crippen molar-refractivity contribution in [2.45, 2.75) is 40.2 Å². The molecule has 2 rings (SSSR count). The molecule has 0 bridgehead atoms. The van der Waals surface area contributed by atoms with Gasteiger partial charge in [0.2, 0.25) is 0 Å². The van der Waals surface area contributed by atoms with Gasteiger partial charge in [-0.05, 0) is 51.0 Å². The molecule has 0 fully saturated rings. The second-order valence-corrected chi connectivity index (χ2v) is 6.20. The van der Waals surface area contributed by atoms with Crippen LogP contribution in [0.1, 0.15) is 40.9 Å². The van der Waals surface area contributed by atoms with Gasteiger partial charge in [0.1, 0.15) is 0 Å². The lowest BCUT2D eigenvalue weighted by Crippen LogP contribution is -2.10. The topological polar surface area (TPSA) is 20.7 Å². The van der Waals surface area contributed by atoms with Gasteiger partial charge in [-0.15, -0.1) is 11.3 Å². The molecule has 17 heavy (non-hydrogen) atoms. The highest BCUT2D eigenvalue weighted by molar-refractivity contribution is 7.71. The number of aromatic amines is 1. The number of rotatable bonds is 3. The molecule has 1 N–H and O–H groups in total. The van der Waals surface area contributed by atoms with E-state index in [1.165, 1.54) is 21.0 Å². The zero-order valence-corrected chi connectivity index (χ0v) is 12.3. The van der Waals surface area contributed by atoms with Crippen LogP contribution in [0, 0.1) is 18.6 Å². The van der Waals surface area contributed by atoms with Crippen LogP contribution in [0.25, 0.3) is 0 Å². The molecular weight excluding hydrogens is 248 g/mol. The predicted molar refractivity (Wildman–Crippen MR) is 76.6 cm³/mol. The van der Waals surface area contributed by atoms with Crippen LogP contribution < -0.4 is 0 Å². The Bertz CT molecular complexity index is 574. The smallest absolute Gasteiger partial charge is 0.177 e. The maximum atomic E-state index is 5.38. The van der Waals surface area contributed by atoms with E-state index in [1.807, 2.05) is 17.5 Å². The molecule has 0 aliphatic carbocycles. The number of nitrogens with one attached hydrogen (secondary N) is 1. The van der Waals surface area contributed by atoms with Crippen molar-refractivity contribution in [3.05, 3.63) is 38.0 Å². The Balaban J connectivity index is 2.50. The first kappa shape index (κ1) is 12.6. The summed E-state index contributed by atoms with van der Waals surface area (Å²) in [6.45, 7) is 8.72. The minimum Gasteiger partial charge on any atom is -0.337 e. The minimum atomic E-state index is 0.314. The van der Waals surface area contributed by atoms with Gasteiger partial charge in [0.05, 0.1) is 6.04 Å². The molecule has 92 valence electrons. The summed E-state index contributed by atoms with van der Waals surface area (Å²) in [4.78, 5) is 5.90. The second-order valence-electron chi connectivity index (χ2n) is 4.35. The van der Waals surface area contributed by atoms with Crippen LogP contribution in [0.2, 0.25) is 0 Å². The van der Waals surface area contributed by atoms with E-state index in [9.17, 15) is 0 Å². The Kier molecular flexibility index (Phi) is 3.54. The van der Waals surface area contributed by atoms with Crippen LogP contribution in [0.3, 0.4) is 0 Å². The Morgan fingerprint density at radius 3 is 2.71 bits per heavy atom. The molecule has 0 aromatic carbocycles. The molecule has 0 spiro atoms. The van der Waals surface area contributed by atoms with Gasteiger partial charge in [0.15, 0.2) is 4.77 Å². The lowest BCUT2D eigenvalue weighted by atomic mass is 10.1. The summed E-state index contributed by atoms with van der Waals surface area (Å²) < 4.78 is 3.04. The van der Waals surface area contributed by atoms with Gasteiger partial charge in [0, 0.05) is 21.6 Å². The minimum absolute atomic E-state index is 0.314. The van der Waals surface area contributed by atoms with Crippen LogP contribution in [-0.2, 0) is 6.42 Å². The third-order valence-corrected chi connectivity index (χ3v) is 4.47. The normalized spacial score (nSPS) is 12.9. The first-order valence-electron chi connectivity index (χ1n) is 5.90. The van der Waals surface area contributed by atoms with Crippen molar-refractivity contribution in [2.75, 3.05) is 0 Å². The largest absolute Gasteiger partial charge is 0.337 e. The number of hydrogen-bond acceptors (Lipinski definition) is 2. The van der Waals surface area contributed by atoms with Crippen molar-refractivity contribution in [2.24, 2.45) is 0 Å². The molecule has 2 nitrogen and oxygen atoms in total. The van der Waals surface area contributed by atoms with Crippen LogP contribution in [0.15, 0.2) is 12.3 Å². The molecule has 0 radical (unpaired) electrons. The third kappa shape index (κ3) is 2.24. The SMILES string of the molecule is CCc1c[nH]c(=S)n1C(C)c1cc(C)sc1C. The van der Waals surface area contributed by atoms with E-state index in [2.05, 4.69) is 43.3 Å². The Hall–Kier alpha value is -0.870. The quantitative estimate of drug-likeness (QED) is 0.817. The molecule has 0 amide bonds. The van der Waals surface area contributed by atoms with Crippen molar-refractivity contribution < 1.29 is 0 Å². The van der Waals surface area contributed by atoms with Crippen molar-refractivity contribution in [1.29, 1.82) is 0 Å². The maximum Gasteiger partial charge on any atom is 0.177 e. The average molecular weight is 266 g/mol. The fraction of sp³-hybridized carbons (Fsp3) is 0.462. The molecule has 0 saturated heterocycles. The summed E-state index contributed by atoms with van der Waals surface area (Å²) in [5.41, 5.74) is 2.66. The fourth-order valence-electron chi connectivity index (χ4n) is 2.32. The van der Waals surface area contributed by atoms with Gasteiger partial charge in [-0.3, -0.25) is 0 Å². The second kappa shape index (κ2) is 4.78. The molecule has 4 heteroatoms. The molecule has 1 atom stereocenters. The molecule has 2 aromatic heterocycles. The number of hydrogen-bond donors (Lipinski definition) is 1. The maximum absolute atomic E-state index is 5.38. The standard InChI is InChI=1S/C13H18N2S2/c1-5-11-7-14-13(16)15(11)9(3)12-6-8(2)17-10(12)4/h6-7,9H,5H2,1-4H3,(H,14,16). The highest BCUT2D eigenvalue weighted by Crippen LogP contribution is 2.29. The zero-order valence-electron chi connectivity index (χ0n) is 10.7. The van der Waals surface area contributed by atoms with Gasteiger partial charge in [-0.1, -0.05) is 6.92 Å². The van der Waals surface area contributed by atoms with Gasteiger partial charge in [0.25, 0.3) is 0 Å². The molecule has 2 heterocycles. The third-order valence-electron chi connectivity index (χ3n) is 3.17. The van der Waals surface area contributed by atoms with E-state index in [4.69, 9.17) is 12.2 Å². The van der Waals surface area contributed by atoms with E-state index in [-0.39, 0.29) is 0 Å². The van der Waals surface area contributed by atoms with E-state index in [1.54, 1.807) is 0 Å². The number of H-pyrrole nitrogens is 1. The number of imidazole rings is 1. The molecule has 0 aliphatic rings. The van der Waals surface area contributed by atoms with Gasteiger partial charge < -0.3 is 9.55 Å². The molecule has 1 unspecified atom stereocenters. The van der Waals surface area contributed by atoms with Crippen LogP contribution in [0.5, 0.6) is 0 Å². The number of thiophene rings is 1. The van der Waals surface area contributed by atoms with Gasteiger partial charge in [-0.2, -0.15) is 0 Å². The Morgan fingerprint density at radius 2 is 2.18 bits per heavy atom.